The number of nitrogens with zero attached hydrogens (tertiary/aromatic N) is 2. The lowest BCUT2D eigenvalue weighted by Gasteiger charge is -2.28. The van der Waals surface area contributed by atoms with Crippen molar-refractivity contribution in [1.29, 1.82) is 0 Å². The first-order chi connectivity index (χ1) is 8.69. The SMILES string of the molecule is COc1ccc(CN=C2NC(C)C(C)CS2)cn1. The second kappa shape index (κ2) is 6.09. The van der Waals surface area contributed by atoms with Crippen LogP contribution in [0.15, 0.2) is 23.3 Å². The monoisotopic (exact) mass is 265 g/mol. The van der Waals surface area contributed by atoms with Crippen molar-refractivity contribution in [2.75, 3.05) is 12.9 Å². The summed E-state index contributed by atoms with van der Waals surface area (Å²) in [6.07, 6.45) is 1.81. The number of hydrogen-bond donors (Lipinski definition) is 1. The highest BCUT2D eigenvalue weighted by Gasteiger charge is 2.20. The molecule has 0 bridgehead atoms. The summed E-state index contributed by atoms with van der Waals surface area (Å²) in [6.45, 7) is 5.12. The Kier molecular flexibility index (Phi) is 4.47. The Labute approximate surface area is 112 Å². The van der Waals surface area contributed by atoms with Crippen LogP contribution in [-0.2, 0) is 6.54 Å². The van der Waals surface area contributed by atoms with Gasteiger partial charge in [-0.1, -0.05) is 24.8 Å². The summed E-state index contributed by atoms with van der Waals surface area (Å²) in [4.78, 5) is 8.75. The van der Waals surface area contributed by atoms with Gasteiger partial charge in [0.05, 0.1) is 13.7 Å². The van der Waals surface area contributed by atoms with Gasteiger partial charge in [-0.15, -0.1) is 0 Å². The first-order valence-electron chi connectivity index (χ1n) is 6.11. The third-order valence-corrected chi connectivity index (χ3v) is 4.31. The van der Waals surface area contributed by atoms with E-state index in [0.29, 0.717) is 24.4 Å². The summed E-state index contributed by atoms with van der Waals surface area (Å²) in [5.74, 6) is 2.46. The van der Waals surface area contributed by atoms with Crippen molar-refractivity contribution in [3.63, 3.8) is 0 Å². The van der Waals surface area contributed by atoms with Crippen LogP contribution in [0, 0.1) is 5.92 Å². The predicted octanol–water partition coefficient (Wildman–Crippen LogP) is 2.31. The molecule has 0 aromatic carbocycles. The van der Waals surface area contributed by atoms with Crippen molar-refractivity contribution in [3.8, 4) is 5.88 Å². The van der Waals surface area contributed by atoms with Gasteiger partial charge in [-0.25, -0.2) is 4.98 Å². The van der Waals surface area contributed by atoms with Crippen LogP contribution in [0.1, 0.15) is 19.4 Å². The van der Waals surface area contributed by atoms with Crippen LogP contribution >= 0.6 is 11.8 Å². The van der Waals surface area contributed by atoms with E-state index in [4.69, 9.17) is 4.74 Å². The molecule has 1 fully saturated rings. The molecule has 2 heterocycles. The van der Waals surface area contributed by atoms with Gasteiger partial charge in [0.15, 0.2) is 5.17 Å². The number of hydrogen-bond acceptors (Lipinski definition) is 4. The molecule has 5 heteroatoms. The minimum absolute atomic E-state index is 0.499. The van der Waals surface area contributed by atoms with Gasteiger partial charge in [-0.05, 0) is 18.4 Å². The van der Waals surface area contributed by atoms with Crippen LogP contribution in [0.4, 0.5) is 0 Å². The molecule has 2 atom stereocenters. The van der Waals surface area contributed by atoms with Crippen LogP contribution in [0.5, 0.6) is 5.88 Å². The van der Waals surface area contributed by atoms with Gasteiger partial charge < -0.3 is 10.1 Å². The highest BCUT2D eigenvalue weighted by molar-refractivity contribution is 8.13. The van der Waals surface area contributed by atoms with E-state index >= 15 is 0 Å². The van der Waals surface area contributed by atoms with Gasteiger partial charge in [-0.2, -0.15) is 0 Å². The molecule has 2 rings (SSSR count). The largest absolute Gasteiger partial charge is 0.481 e. The Morgan fingerprint density at radius 2 is 2.33 bits per heavy atom. The lowest BCUT2D eigenvalue weighted by molar-refractivity contribution is 0.397. The Bertz CT molecular complexity index is 419. The number of methoxy groups -OCH3 is 1. The number of ether oxygens (including phenoxy) is 1. The minimum Gasteiger partial charge on any atom is -0.481 e. The van der Waals surface area contributed by atoms with Gasteiger partial charge in [0, 0.05) is 24.1 Å². The summed E-state index contributed by atoms with van der Waals surface area (Å²) >= 11 is 1.80. The van der Waals surface area contributed by atoms with E-state index in [1.54, 1.807) is 18.9 Å². The maximum atomic E-state index is 5.03. The fraction of sp³-hybridized carbons (Fsp3) is 0.538. The number of rotatable bonds is 3. The van der Waals surface area contributed by atoms with Crippen LogP contribution in [0.2, 0.25) is 0 Å². The third-order valence-electron chi connectivity index (χ3n) is 3.10. The minimum atomic E-state index is 0.499. The van der Waals surface area contributed by atoms with Gasteiger partial charge in [0.2, 0.25) is 5.88 Å². The molecule has 98 valence electrons. The van der Waals surface area contributed by atoms with Crippen LogP contribution < -0.4 is 10.1 Å². The summed E-state index contributed by atoms with van der Waals surface area (Å²) in [6, 6.07) is 4.36. The van der Waals surface area contributed by atoms with Crippen LogP contribution in [0.3, 0.4) is 0 Å². The van der Waals surface area contributed by atoms with Crippen molar-refractivity contribution in [2.24, 2.45) is 10.9 Å². The topological polar surface area (TPSA) is 46.5 Å². The van der Waals surface area contributed by atoms with E-state index in [-0.39, 0.29) is 0 Å². The van der Waals surface area contributed by atoms with E-state index in [0.717, 1.165) is 16.5 Å². The summed E-state index contributed by atoms with van der Waals surface area (Å²) < 4.78 is 5.03. The standard InChI is InChI=1S/C13H19N3OS/c1-9-8-18-13(16-10(9)2)15-7-11-4-5-12(17-3)14-6-11/h4-6,9-10H,7-8H2,1-3H3,(H,15,16). The molecule has 1 aliphatic rings. The molecule has 0 amide bonds. The fourth-order valence-electron chi connectivity index (χ4n) is 1.61. The molecule has 1 saturated heterocycles. The maximum Gasteiger partial charge on any atom is 0.212 e. The quantitative estimate of drug-likeness (QED) is 0.911. The Balaban J connectivity index is 1.93. The molecule has 2 unspecified atom stereocenters. The average Bonchev–Trinajstić information content (AvgIpc) is 2.41. The lowest BCUT2D eigenvalue weighted by atomic mass is 10.1. The number of amidine groups is 1. The zero-order valence-corrected chi connectivity index (χ0v) is 11.8. The number of thioether (sulfide) groups is 1. The van der Waals surface area contributed by atoms with Crippen LogP contribution in [0.25, 0.3) is 0 Å². The molecule has 0 radical (unpaired) electrons. The normalized spacial score (nSPS) is 25.8. The number of nitrogens with one attached hydrogen (secondary N) is 1. The molecule has 0 aliphatic carbocycles. The van der Waals surface area contributed by atoms with Crippen LogP contribution in [-0.4, -0.2) is 29.1 Å². The molecule has 0 spiro atoms. The van der Waals surface area contributed by atoms with Gasteiger partial charge in [0.1, 0.15) is 0 Å². The number of aromatic nitrogens is 1. The van der Waals surface area contributed by atoms with E-state index < -0.39 is 0 Å². The number of aliphatic imine (C=N–C) groups is 1. The second-order valence-electron chi connectivity index (χ2n) is 4.55. The molecule has 1 N–H and O–H groups in total. The summed E-state index contributed by atoms with van der Waals surface area (Å²) in [5.41, 5.74) is 1.09. The molecule has 1 aromatic rings. The maximum absolute atomic E-state index is 5.03. The summed E-state index contributed by atoms with van der Waals surface area (Å²) in [5, 5.41) is 4.47. The van der Waals surface area contributed by atoms with Gasteiger partial charge >= 0.3 is 0 Å². The first kappa shape index (κ1) is 13.2. The van der Waals surface area contributed by atoms with Gasteiger partial charge in [0.25, 0.3) is 0 Å². The smallest absolute Gasteiger partial charge is 0.212 e. The van der Waals surface area contributed by atoms with Crippen molar-refractivity contribution < 1.29 is 4.74 Å². The zero-order valence-electron chi connectivity index (χ0n) is 11.0. The van der Waals surface area contributed by atoms with Crippen molar-refractivity contribution in [2.45, 2.75) is 26.4 Å². The average molecular weight is 265 g/mol. The molecule has 4 nitrogen and oxygen atoms in total. The van der Waals surface area contributed by atoms with E-state index in [9.17, 15) is 0 Å². The van der Waals surface area contributed by atoms with E-state index in [1.807, 2.05) is 18.3 Å². The van der Waals surface area contributed by atoms with Crippen molar-refractivity contribution >= 4 is 16.9 Å². The third kappa shape index (κ3) is 3.38. The Hall–Kier alpha value is -1.23. The molecule has 0 saturated carbocycles. The molecular formula is C13H19N3OS. The molecule has 1 aromatic heterocycles. The van der Waals surface area contributed by atoms with E-state index in [1.165, 1.54) is 0 Å². The molecule has 1 aliphatic heterocycles. The second-order valence-corrected chi connectivity index (χ2v) is 5.56. The molecular weight excluding hydrogens is 246 g/mol. The van der Waals surface area contributed by atoms with Gasteiger partial charge in [-0.3, -0.25) is 4.99 Å². The number of pyridine rings is 1. The highest BCUT2D eigenvalue weighted by atomic mass is 32.2. The Morgan fingerprint density at radius 3 is 2.94 bits per heavy atom. The van der Waals surface area contributed by atoms with Crippen molar-refractivity contribution in [3.05, 3.63) is 23.9 Å². The summed E-state index contributed by atoms with van der Waals surface area (Å²) in [7, 11) is 1.62. The van der Waals surface area contributed by atoms with E-state index in [2.05, 4.69) is 29.1 Å². The predicted molar refractivity (Wildman–Crippen MR) is 76.1 cm³/mol. The zero-order chi connectivity index (χ0) is 13.0. The van der Waals surface area contributed by atoms with Crippen molar-refractivity contribution in [1.82, 2.24) is 10.3 Å². The highest BCUT2D eigenvalue weighted by Crippen LogP contribution is 2.19. The fourth-order valence-corrected chi connectivity index (χ4v) is 2.75. The lowest BCUT2D eigenvalue weighted by Crippen LogP contribution is -2.41. The molecule has 18 heavy (non-hydrogen) atoms. The first-order valence-corrected chi connectivity index (χ1v) is 7.10. The Morgan fingerprint density at radius 1 is 1.50 bits per heavy atom.